The number of hydrogen-bond donors (Lipinski definition) is 1. The van der Waals surface area contributed by atoms with Crippen molar-refractivity contribution in [1.29, 1.82) is 0 Å². The zero-order chi connectivity index (χ0) is 12.9. The zero-order valence-electron chi connectivity index (χ0n) is 9.68. The van der Waals surface area contributed by atoms with Crippen LogP contribution in [0.15, 0.2) is 23.4 Å². The summed E-state index contributed by atoms with van der Waals surface area (Å²) < 4.78 is 26.4. The van der Waals surface area contributed by atoms with Gasteiger partial charge in [0.25, 0.3) is 0 Å². The summed E-state index contributed by atoms with van der Waals surface area (Å²) in [5, 5.41) is 0.185. The van der Waals surface area contributed by atoms with Crippen LogP contribution in [0.3, 0.4) is 0 Å². The predicted molar refractivity (Wildman–Crippen MR) is 72.0 cm³/mol. The smallest absolute Gasteiger partial charge is 0.243 e. The summed E-state index contributed by atoms with van der Waals surface area (Å²) in [6.45, 7) is 2.39. The highest BCUT2D eigenvalue weighted by Gasteiger charge is 2.18. The molecule has 1 aromatic rings. The normalized spacial score (nSPS) is 13.6. The Kier molecular flexibility index (Phi) is 5.72. The summed E-state index contributed by atoms with van der Waals surface area (Å²) in [5.74, 6) is 1.18. The van der Waals surface area contributed by atoms with Crippen molar-refractivity contribution in [3.8, 4) is 0 Å². The first-order valence-corrected chi connectivity index (χ1v) is 8.31. The summed E-state index contributed by atoms with van der Waals surface area (Å²) in [4.78, 5) is 3.79. The number of rotatable bonds is 6. The first-order valence-electron chi connectivity index (χ1n) is 5.05. The molecule has 0 aliphatic heterocycles. The fourth-order valence-electron chi connectivity index (χ4n) is 1.23. The molecular formula is C10H15ClN2O2S2. The Bertz CT molecular complexity index is 465. The van der Waals surface area contributed by atoms with Crippen molar-refractivity contribution in [3.05, 3.63) is 23.5 Å². The van der Waals surface area contributed by atoms with Crippen LogP contribution in [0.2, 0.25) is 5.02 Å². The van der Waals surface area contributed by atoms with E-state index in [4.69, 9.17) is 11.6 Å². The molecule has 1 aromatic heterocycles. The van der Waals surface area contributed by atoms with Crippen LogP contribution in [0.25, 0.3) is 0 Å². The average molecular weight is 295 g/mol. The minimum absolute atomic E-state index is 0.0259. The topological polar surface area (TPSA) is 59.1 Å². The number of aromatic nitrogens is 1. The molecule has 0 amide bonds. The highest BCUT2D eigenvalue weighted by atomic mass is 35.5. The molecule has 0 aliphatic rings. The van der Waals surface area contributed by atoms with Crippen LogP contribution in [0.5, 0.6) is 0 Å². The van der Waals surface area contributed by atoms with Crippen molar-refractivity contribution >= 4 is 33.4 Å². The Labute approximate surface area is 111 Å². The van der Waals surface area contributed by atoms with Crippen LogP contribution in [0, 0.1) is 5.92 Å². The monoisotopic (exact) mass is 294 g/mol. The molecule has 0 bridgehead atoms. The third-order valence-electron chi connectivity index (χ3n) is 2.10. The van der Waals surface area contributed by atoms with E-state index >= 15 is 0 Å². The number of thioether (sulfide) groups is 1. The maximum Gasteiger partial charge on any atom is 0.243 e. The summed E-state index contributed by atoms with van der Waals surface area (Å²) >= 11 is 7.51. The lowest BCUT2D eigenvalue weighted by molar-refractivity contribution is 0.562. The van der Waals surface area contributed by atoms with Gasteiger partial charge < -0.3 is 0 Å². The van der Waals surface area contributed by atoms with E-state index in [2.05, 4.69) is 9.71 Å². The number of hydrogen-bond acceptors (Lipinski definition) is 4. The molecule has 1 atom stereocenters. The van der Waals surface area contributed by atoms with Crippen LogP contribution < -0.4 is 4.72 Å². The van der Waals surface area contributed by atoms with Crippen molar-refractivity contribution in [2.75, 3.05) is 18.6 Å². The van der Waals surface area contributed by atoms with Crippen LogP contribution >= 0.6 is 23.4 Å². The Hall–Kier alpha value is -0.300. The molecule has 0 aromatic carbocycles. The highest BCUT2D eigenvalue weighted by molar-refractivity contribution is 7.98. The molecule has 1 unspecified atom stereocenters. The average Bonchev–Trinajstić information content (AvgIpc) is 2.27. The fraction of sp³-hybridized carbons (Fsp3) is 0.500. The molecule has 1 N–H and O–H groups in total. The Balaban J connectivity index is 2.73. The van der Waals surface area contributed by atoms with Gasteiger partial charge in [-0.3, -0.25) is 4.98 Å². The van der Waals surface area contributed by atoms with Crippen molar-refractivity contribution in [2.45, 2.75) is 11.8 Å². The third kappa shape index (κ3) is 4.46. The van der Waals surface area contributed by atoms with E-state index in [0.29, 0.717) is 6.54 Å². The van der Waals surface area contributed by atoms with E-state index in [9.17, 15) is 8.42 Å². The molecule has 0 fully saturated rings. The van der Waals surface area contributed by atoms with Crippen LogP contribution in [-0.2, 0) is 10.0 Å². The summed E-state index contributed by atoms with van der Waals surface area (Å²) in [7, 11) is -3.56. The van der Waals surface area contributed by atoms with Gasteiger partial charge in [-0.2, -0.15) is 11.8 Å². The lowest BCUT2D eigenvalue weighted by Crippen LogP contribution is -2.29. The van der Waals surface area contributed by atoms with E-state index in [0.717, 1.165) is 5.75 Å². The highest BCUT2D eigenvalue weighted by Crippen LogP contribution is 2.19. The number of nitrogens with zero attached hydrogens (tertiary/aromatic N) is 1. The lowest BCUT2D eigenvalue weighted by atomic mass is 10.2. The van der Waals surface area contributed by atoms with Gasteiger partial charge in [-0.15, -0.1) is 0 Å². The summed E-state index contributed by atoms with van der Waals surface area (Å²) in [6, 6.07) is 1.46. The van der Waals surface area contributed by atoms with Gasteiger partial charge >= 0.3 is 0 Å². The molecule has 0 spiro atoms. The molecule has 0 aliphatic carbocycles. The maximum absolute atomic E-state index is 11.9. The van der Waals surface area contributed by atoms with Crippen molar-refractivity contribution in [3.63, 3.8) is 0 Å². The molecule has 7 heteroatoms. The Morgan fingerprint density at radius 1 is 1.59 bits per heavy atom. The van der Waals surface area contributed by atoms with Gasteiger partial charge in [-0.1, -0.05) is 18.5 Å². The van der Waals surface area contributed by atoms with Crippen molar-refractivity contribution < 1.29 is 8.42 Å². The van der Waals surface area contributed by atoms with E-state index in [1.165, 1.54) is 18.5 Å². The number of halogens is 1. The fourth-order valence-corrected chi connectivity index (χ4v) is 3.51. The van der Waals surface area contributed by atoms with Gasteiger partial charge in [0, 0.05) is 18.9 Å². The third-order valence-corrected chi connectivity index (χ3v) is 4.89. The van der Waals surface area contributed by atoms with Crippen molar-refractivity contribution in [2.24, 2.45) is 5.92 Å². The molecular weight excluding hydrogens is 280 g/mol. The molecule has 0 saturated carbocycles. The molecule has 4 nitrogen and oxygen atoms in total. The van der Waals surface area contributed by atoms with Gasteiger partial charge in [0.05, 0.1) is 5.02 Å². The Morgan fingerprint density at radius 2 is 2.29 bits per heavy atom. The van der Waals surface area contributed by atoms with Crippen LogP contribution in [0.1, 0.15) is 6.92 Å². The SMILES string of the molecule is CSCC(C)CNS(=O)(=O)c1cnccc1Cl. The van der Waals surface area contributed by atoms with Gasteiger partial charge in [0.15, 0.2) is 0 Å². The number of nitrogens with one attached hydrogen (secondary N) is 1. The molecule has 96 valence electrons. The molecule has 0 saturated heterocycles. The first-order chi connectivity index (χ1) is 7.97. The maximum atomic E-state index is 11.9. The van der Waals surface area contributed by atoms with Gasteiger partial charge in [0.1, 0.15) is 4.90 Å². The van der Waals surface area contributed by atoms with Gasteiger partial charge in [-0.05, 0) is 24.0 Å². The molecule has 1 heterocycles. The predicted octanol–water partition coefficient (Wildman–Crippen LogP) is 2.01. The summed E-state index contributed by atoms with van der Waals surface area (Å²) in [6.07, 6.45) is 4.70. The van der Waals surface area contributed by atoms with E-state index in [1.807, 2.05) is 13.2 Å². The van der Waals surface area contributed by atoms with Gasteiger partial charge in [0.2, 0.25) is 10.0 Å². The van der Waals surface area contributed by atoms with Gasteiger partial charge in [-0.25, -0.2) is 13.1 Å². The number of pyridine rings is 1. The molecule has 0 radical (unpaired) electrons. The quantitative estimate of drug-likeness (QED) is 0.872. The first kappa shape index (κ1) is 14.8. The zero-order valence-corrected chi connectivity index (χ0v) is 12.1. The number of sulfonamides is 1. The van der Waals surface area contributed by atoms with Crippen molar-refractivity contribution in [1.82, 2.24) is 9.71 Å². The second-order valence-electron chi connectivity index (χ2n) is 3.72. The van der Waals surface area contributed by atoms with E-state index in [-0.39, 0.29) is 15.8 Å². The summed E-state index contributed by atoms with van der Waals surface area (Å²) in [5.41, 5.74) is 0. The standard InChI is InChI=1S/C10H15ClN2O2S2/c1-8(7-16-2)5-13-17(14,15)10-6-12-4-3-9(10)11/h3-4,6,8,13H,5,7H2,1-2H3. The van der Waals surface area contributed by atoms with Crippen LogP contribution in [-0.4, -0.2) is 32.0 Å². The minimum Gasteiger partial charge on any atom is -0.263 e. The Morgan fingerprint density at radius 3 is 2.88 bits per heavy atom. The minimum atomic E-state index is -3.56. The lowest BCUT2D eigenvalue weighted by Gasteiger charge is -2.12. The van der Waals surface area contributed by atoms with Crippen LogP contribution in [0.4, 0.5) is 0 Å². The molecule has 17 heavy (non-hydrogen) atoms. The van der Waals surface area contributed by atoms with E-state index in [1.54, 1.807) is 11.8 Å². The molecule has 1 rings (SSSR count). The second-order valence-corrected chi connectivity index (χ2v) is 6.77. The second kappa shape index (κ2) is 6.58. The van der Waals surface area contributed by atoms with E-state index < -0.39 is 10.0 Å². The largest absolute Gasteiger partial charge is 0.263 e.